The molecule has 24 heavy (non-hydrogen) atoms. The Hall–Kier alpha value is -2.48. The van der Waals surface area contributed by atoms with Crippen molar-refractivity contribution in [3.63, 3.8) is 0 Å². The lowest BCUT2D eigenvalue weighted by Crippen LogP contribution is -2.55. The molecule has 0 radical (unpaired) electrons. The van der Waals surface area contributed by atoms with Gasteiger partial charge in [0.2, 0.25) is 5.95 Å². The zero-order valence-corrected chi connectivity index (χ0v) is 14.0. The molecule has 1 N–H and O–H groups in total. The normalized spacial score (nSPS) is 20.9. The number of aliphatic hydroxyl groups is 1. The van der Waals surface area contributed by atoms with E-state index >= 15 is 0 Å². The monoisotopic (exact) mass is 330 g/mol. The Bertz CT molecular complexity index is 704. The van der Waals surface area contributed by atoms with E-state index in [2.05, 4.69) is 15.1 Å². The van der Waals surface area contributed by atoms with Crippen LogP contribution < -0.4 is 4.90 Å². The topological polar surface area (TPSA) is 87.4 Å². The van der Waals surface area contributed by atoms with E-state index in [0.29, 0.717) is 24.6 Å². The van der Waals surface area contributed by atoms with Gasteiger partial charge in [0.15, 0.2) is 0 Å². The number of rotatable bonds is 4. The first-order valence-corrected chi connectivity index (χ1v) is 7.96. The van der Waals surface area contributed by atoms with Gasteiger partial charge in [-0.15, -0.1) is 0 Å². The Morgan fingerprint density at radius 2 is 2.17 bits per heavy atom. The minimum atomic E-state index is -0.989. The molecule has 0 spiro atoms. The molecule has 2 aromatic rings. The van der Waals surface area contributed by atoms with Crippen molar-refractivity contribution in [2.45, 2.75) is 18.4 Å². The van der Waals surface area contributed by atoms with Gasteiger partial charge in [-0.25, -0.2) is 9.97 Å². The highest BCUT2D eigenvalue weighted by atomic mass is 16.3. The Morgan fingerprint density at radius 1 is 1.42 bits per heavy atom. The molecular weight excluding hydrogens is 308 g/mol. The summed E-state index contributed by atoms with van der Waals surface area (Å²) in [5.41, 5.74) is -0.612. The summed E-state index contributed by atoms with van der Waals surface area (Å²) in [6.45, 7) is 1.44. The van der Waals surface area contributed by atoms with E-state index in [0.717, 1.165) is 13.0 Å². The van der Waals surface area contributed by atoms with Gasteiger partial charge in [-0.3, -0.25) is 9.48 Å². The van der Waals surface area contributed by atoms with Crippen molar-refractivity contribution < 1.29 is 9.90 Å². The Balaban J connectivity index is 1.67. The van der Waals surface area contributed by atoms with E-state index in [1.165, 1.54) is 4.90 Å². The van der Waals surface area contributed by atoms with Gasteiger partial charge >= 0.3 is 0 Å². The maximum Gasteiger partial charge on any atom is 0.274 e. The molecule has 0 bridgehead atoms. The van der Waals surface area contributed by atoms with Crippen LogP contribution in [0.4, 0.5) is 5.95 Å². The van der Waals surface area contributed by atoms with E-state index in [1.54, 1.807) is 49.5 Å². The van der Waals surface area contributed by atoms with Crippen LogP contribution in [0.1, 0.15) is 23.3 Å². The Labute approximate surface area is 140 Å². The van der Waals surface area contributed by atoms with Crippen molar-refractivity contribution in [3.8, 4) is 0 Å². The van der Waals surface area contributed by atoms with Crippen LogP contribution in [0.2, 0.25) is 0 Å². The summed E-state index contributed by atoms with van der Waals surface area (Å²) in [6.07, 6.45) is 6.56. The molecule has 2 aromatic heterocycles. The maximum absolute atomic E-state index is 12.4. The number of carbonyl (C=O) groups excluding carboxylic acids is 1. The van der Waals surface area contributed by atoms with Crippen molar-refractivity contribution >= 4 is 11.9 Å². The van der Waals surface area contributed by atoms with Crippen molar-refractivity contribution in [3.05, 3.63) is 36.4 Å². The average molecular weight is 330 g/mol. The summed E-state index contributed by atoms with van der Waals surface area (Å²) < 4.78 is 1.59. The van der Waals surface area contributed by atoms with E-state index in [1.807, 2.05) is 4.90 Å². The molecule has 8 heteroatoms. The summed E-state index contributed by atoms with van der Waals surface area (Å²) in [7, 11) is 3.45. The van der Waals surface area contributed by atoms with Gasteiger partial charge in [0.25, 0.3) is 5.91 Å². The van der Waals surface area contributed by atoms with Crippen molar-refractivity contribution in [2.75, 3.05) is 31.6 Å². The molecular formula is C16H22N6O2. The molecule has 8 nitrogen and oxygen atoms in total. The van der Waals surface area contributed by atoms with Crippen LogP contribution in [-0.2, 0) is 7.05 Å². The molecule has 0 aliphatic carbocycles. The van der Waals surface area contributed by atoms with Crippen LogP contribution in [0.5, 0.6) is 0 Å². The van der Waals surface area contributed by atoms with Crippen LogP contribution in [0.25, 0.3) is 0 Å². The molecule has 1 amide bonds. The lowest BCUT2D eigenvalue weighted by atomic mass is 9.92. The van der Waals surface area contributed by atoms with Crippen LogP contribution in [0.15, 0.2) is 30.7 Å². The number of nitrogens with zero attached hydrogens (tertiary/aromatic N) is 6. The first-order valence-electron chi connectivity index (χ1n) is 7.96. The zero-order valence-electron chi connectivity index (χ0n) is 14.0. The van der Waals surface area contributed by atoms with Gasteiger partial charge in [0.1, 0.15) is 5.69 Å². The van der Waals surface area contributed by atoms with Gasteiger partial charge in [-0.1, -0.05) is 0 Å². The number of likely N-dealkylation sites (N-methyl/N-ethyl adjacent to an activating group) is 1. The van der Waals surface area contributed by atoms with Gasteiger partial charge in [-0.05, 0) is 25.0 Å². The highest BCUT2D eigenvalue weighted by Crippen LogP contribution is 2.24. The fourth-order valence-corrected chi connectivity index (χ4v) is 3.10. The molecule has 1 saturated heterocycles. The minimum absolute atomic E-state index is 0.197. The second kappa shape index (κ2) is 6.56. The molecule has 1 atom stereocenters. The van der Waals surface area contributed by atoms with Gasteiger partial charge in [0, 0.05) is 39.2 Å². The second-order valence-electron chi connectivity index (χ2n) is 6.33. The number of β-amino-alcohol motifs (C(OH)–C–C–N with tert-alkyl or cyclic N) is 1. The third kappa shape index (κ3) is 3.53. The first-order chi connectivity index (χ1) is 11.5. The maximum atomic E-state index is 12.4. The number of hydrogen-bond donors (Lipinski definition) is 1. The third-order valence-electron chi connectivity index (χ3n) is 4.20. The number of amides is 1. The summed E-state index contributed by atoms with van der Waals surface area (Å²) >= 11 is 0. The average Bonchev–Trinajstić information content (AvgIpc) is 3.01. The predicted molar refractivity (Wildman–Crippen MR) is 88.6 cm³/mol. The number of aryl methyl sites for hydroxylation is 1. The first kappa shape index (κ1) is 16.4. The molecule has 1 aliphatic heterocycles. The van der Waals surface area contributed by atoms with E-state index in [-0.39, 0.29) is 12.5 Å². The summed E-state index contributed by atoms with van der Waals surface area (Å²) in [4.78, 5) is 24.4. The molecule has 0 aromatic carbocycles. The van der Waals surface area contributed by atoms with E-state index < -0.39 is 5.60 Å². The van der Waals surface area contributed by atoms with Crippen molar-refractivity contribution in [1.29, 1.82) is 0 Å². The van der Waals surface area contributed by atoms with E-state index in [4.69, 9.17) is 0 Å². The Morgan fingerprint density at radius 3 is 2.83 bits per heavy atom. The third-order valence-corrected chi connectivity index (χ3v) is 4.20. The van der Waals surface area contributed by atoms with Gasteiger partial charge in [-0.2, -0.15) is 5.10 Å². The smallest absolute Gasteiger partial charge is 0.274 e. The lowest BCUT2D eigenvalue weighted by Gasteiger charge is -2.41. The SMILES string of the molecule is CN(CC1(O)CCCN(c2ncccn2)C1)C(=O)c1ccn(C)n1. The molecule has 1 aliphatic rings. The van der Waals surface area contributed by atoms with Crippen LogP contribution in [0.3, 0.4) is 0 Å². The Kier molecular flexibility index (Phi) is 4.48. The summed E-state index contributed by atoms with van der Waals surface area (Å²) in [5.74, 6) is 0.409. The molecule has 3 heterocycles. The van der Waals surface area contributed by atoms with Gasteiger partial charge < -0.3 is 14.9 Å². The van der Waals surface area contributed by atoms with Gasteiger partial charge in [0.05, 0.1) is 18.7 Å². The van der Waals surface area contributed by atoms with Crippen LogP contribution in [0, 0.1) is 0 Å². The number of piperidine rings is 1. The molecule has 1 fully saturated rings. The standard InChI is InChI=1S/C16H22N6O2/c1-20(14(23)13-5-10-21(2)19-13)11-16(24)6-3-9-22(12-16)15-17-7-4-8-18-15/h4-5,7-8,10,24H,3,6,9,11-12H2,1-2H3. The van der Waals surface area contributed by atoms with Crippen molar-refractivity contribution in [1.82, 2.24) is 24.6 Å². The van der Waals surface area contributed by atoms with Crippen LogP contribution >= 0.6 is 0 Å². The number of aromatic nitrogens is 4. The zero-order chi connectivity index (χ0) is 17.2. The molecule has 1 unspecified atom stereocenters. The molecule has 3 rings (SSSR count). The second-order valence-corrected chi connectivity index (χ2v) is 6.33. The number of anilines is 1. The summed E-state index contributed by atoms with van der Waals surface area (Å²) in [6, 6.07) is 3.44. The van der Waals surface area contributed by atoms with Crippen LogP contribution in [-0.4, -0.2) is 67.9 Å². The molecule has 0 saturated carbocycles. The fraction of sp³-hybridized carbons (Fsp3) is 0.500. The lowest BCUT2D eigenvalue weighted by molar-refractivity contribution is -0.000455. The highest BCUT2D eigenvalue weighted by Gasteiger charge is 2.36. The summed E-state index contributed by atoms with van der Waals surface area (Å²) in [5, 5.41) is 15.1. The van der Waals surface area contributed by atoms with E-state index in [9.17, 15) is 9.90 Å². The highest BCUT2D eigenvalue weighted by molar-refractivity contribution is 5.92. The largest absolute Gasteiger partial charge is 0.386 e. The minimum Gasteiger partial charge on any atom is -0.386 e. The van der Waals surface area contributed by atoms with Crippen molar-refractivity contribution in [2.24, 2.45) is 7.05 Å². The predicted octanol–water partition coefficient (Wildman–Crippen LogP) is 0.314. The molecule has 128 valence electrons. The fourth-order valence-electron chi connectivity index (χ4n) is 3.10. The number of hydrogen-bond acceptors (Lipinski definition) is 6. The number of carbonyl (C=O) groups is 1. The quantitative estimate of drug-likeness (QED) is 0.868.